The molecule has 0 aliphatic carbocycles. The van der Waals surface area contributed by atoms with Crippen LogP contribution in [0.15, 0.2) is 23.8 Å². The van der Waals surface area contributed by atoms with E-state index in [9.17, 15) is 4.79 Å². The van der Waals surface area contributed by atoms with Crippen molar-refractivity contribution in [1.29, 1.82) is 0 Å². The van der Waals surface area contributed by atoms with Crippen molar-refractivity contribution in [2.75, 3.05) is 39.9 Å². The molecule has 2 aliphatic rings. The molecule has 1 amide bonds. The van der Waals surface area contributed by atoms with Crippen molar-refractivity contribution in [2.45, 2.75) is 25.7 Å². The highest BCUT2D eigenvalue weighted by molar-refractivity contribution is 5.99. The van der Waals surface area contributed by atoms with Crippen molar-refractivity contribution in [2.24, 2.45) is 0 Å². The highest BCUT2D eigenvalue weighted by Crippen LogP contribution is 2.29. The van der Waals surface area contributed by atoms with Crippen molar-refractivity contribution in [3.63, 3.8) is 0 Å². The lowest BCUT2D eigenvalue weighted by atomic mass is 10.1. The largest absolute Gasteiger partial charge is 0.497 e. The van der Waals surface area contributed by atoms with Crippen molar-refractivity contribution in [3.8, 4) is 11.5 Å². The Morgan fingerprint density at radius 3 is 2.79 bits per heavy atom. The standard InChI is InChI=1S/C19H26N2O3/c1-23-17-6-7-18-15(13-17)12-16(14-24-18)19(22)20-8-11-21-9-4-2-3-5-10-21/h6-7,12-13H,2-5,8-11,14H2,1H3,(H,20,22). The third-order valence-electron chi connectivity index (χ3n) is 4.63. The molecule has 2 heterocycles. The summed E-state index contributed by atoms with van der Waals surface area (Å²) in [5.41, 5.74) is 1.55. The summed E-state index contributed by atoms with van der Waals surface area (Å²) in [5.74, 6) is 1.51. The normalized spacial score (nSPS) is 18.0. The summed E-state index contributed by atoms with van der Waals surface area (Å²) >= 11 is 0. The lowest BCUT2D eigenvalue weighted by Gasteiger charge is -2.21. The molecule has 130 valence electrons. The lowest BCUT2D eigenvalue weighted by Crippen LogP contribution is -2.37. The van der Waals surface area contributed by atoms with Crippen LogP contribution >= 0.6 is 0 Å². The average Bonchev–Trinajstić information content (AvgIpc) is 2.89. The van der Waals surface area contributed by atoms with Gasteiger partial charge in [0.05, 0.1) is 12.7 Å². The van der Waals surface area contributed by atoms with Gasteiger partial charge < -0.3 is 19.7 Å². The molecule has 1 aromatic carbocycles. The fraction of sp³-hybridized carbons (Fsp3) is 0.526. The molecule has 0 bridgehead atoms. The molecule has 0 aromatic heterocycles. The summed E-state index contributed by atoms with van der Waals surface area (Å²) in [6, 6.07) is 5.62. The highest BCUT2D eigenvalue weighted by Gasteiger charge is 2.18. The third-order valence-corrected chi connectivity index (χ3v) is 4.63. The Morgan fingerprint density at radius 1 is 1.25 bits per heavy atom. The summed E-state index contributed by atoms with van der Waals surface area (Å²) < 4.78 is 10.9. The first-order chi connectivity index (χ1) is 11.8. The first kappa shape index (κ1) is 16.8. The molecule has 0 atom stereocenters. The molecule has 0 spiro atoms. The number of hydrogen-bond acceptors (Lipinski definition) is 4. The monoisotopic (exact) mass is 330 g/mol. The highest BCUT2D eigenvalue weighted by atomic mass is 16.5. The molecule has 1 N–H and O–H groups in total. The molecule has 24 heavy (non-hydrogen) atoms. The van der Waals surface area contributed by atoms with E-state index < -0.39 is 0 Å². The molecule has 0 unspecified atom stereocenters. The Hall–Kier alpha value is -2.01. The van der Waals surface area contributed by atoms with Gasteiger partial charge in [0, 0.05) is 18.7 Å². The number of amides is 1. The summed E-state index contributed by atoms with van der Waals surface area (Å²) in [6.45, 7) is 4.21. The van der Waals surface area contributed by atoms with E-state index in [1.165, 1.54) is 25.7 Å². The molecule has 5 nitrogen and oxygen atoms in total. The van der Waals surface area contributed by atoms with Crippen LogP contribution in [0.5, 0.6) is 11.5 Å². The molecule has 0 radical (unpaired) electrons. The zero-order chi connectivity index (χ0) is 16.8. The SMILES string of the molecule is COc1ccc2c(c1)C=C(C(=O)NCCN1CCCCCC1)CO2. The molecule has 5 heteroatoms. The van der Waals surface area contributed by atoms with E-state index in [0.29, 0.717) is 18.7 Å². The van der Waals surface area contributed by atoms with Gasteiger partial charge in [0.1, 0.15) is 18.1 Å². The van der Waals surface area contributed by atoms with Gasteiger partial charge in [-0.25, -0.2) is 0 Å². The average molecular weight is 330 g/mol. The Balaban J connectivity index is 1.54. The second kappa shape index (κ2) is 8.20. The van der Waals surface area contributed by atoms with Crippen LogP contribution in [-0.4, -0.2) is 50.7 Å². The molecular formula is C19H26N2O3. The van der Waals surface area contributed by atoms with E-state index in [2.05, 4.69) is 10.2 Å². The number of nitrogens with one attached hydrogen (secondary N) is 1. The number of carbonyl (C=O) groups is 1. The molecular weight excluding hydrogens is 304 g/mol. The van der Waals surface area contributed by atoms with Crippen LogP contribution in [-0.2, 0) is 4.79 Å². The number of nitrogens with zero attached hydrogens (tertiary/aromatic N) is 1. The number of methoxy groups -OCH3 is 1. The number of carbonyl (C=O) groups excluding carboxylic acids is 1. The topological polar surface area (TPSA) is 50.8 Å². The minimum absolute atomic E-state index is 0.0432. The molecule has 1 aromatic rings. The first-order valence-corrected chi connectivity index (χ1v) is 8.78. The summed E-state index contributed by atoms with van der Waals surface area (Å²) in [7, 11) is 1.63. The van der Waals surface area contributed by atoms with Crippen LogP contribution in [0.25, 0.3) is 6.08 Å². The Morgan fingerprint density at radius 2 is 2.04 bits per heavy atom. The maximum Gasteiger partial charge on any atom is 0.250 e. The second-order valence-corrected chi connectivity index (χ2v) is 6.37. The molecule has 1 saturated heterocycles. The quantitative estimate of drug-likeness (QED) is 0.901. The van der Waals surface area contributed by atoms with Crippen LogP contribution in [0.3, 0.4) is 0 Å². The van der Waals surface area contributed by atoms with Gasteiger partial charge in [-0.15, -0.1) is 0 Å². The van der Waals surface area contributed by atoms with Crippen LogP contribution in [0.2, 0.25) is 0 Å². The predicted molar refractivity (Wildman–Crippen MR) is 94.4 cm³/mol. The third kappa shape index (κ3) is 4.29. The van der Waals surface area contributed by atoms with Gasteiger partial charge in [-0.2, -0.15) is 0 Å². The van der Waals surface area contributed by atoms with Crippen LogP contribution in [0.1, 0.15) is 31.2 Å². The van der Waals surface area contributed by atoms with Crippen LogP contribution in [0.4, 0.5) is 0 Å². The van der Waals surface area contributed by atoms with E-state index >= 15 is 0 Å². The maximum absolute atomic E-state index is 12.4. The fourth-order valence-corrected chi connectivity index (χ4v) is 3.21. The maximum atomic E-state index is 12.4. The van der Waals surface area contributed by atoms with E-state index in [1.54, 1.807) is 7.11 Å². The lowest BCUT2D eigenvalue weighted by molar-refractivity contribution is -0.117. The van der Waals surface area contributed by atoms with Gasteiger partial charge in [0.15, 0.2) is 0 Å². The molecule has 2 aliphatic heterocycles. The predicted octanol–water partition coefficient (Wildman–Crippen LogP) is 2.46. The number of fused-ring (bicyclic) bond motifs is 1. The smallest absolute Gasteiger partial charge is 0.250 e. The number of ether oxygens (including phenoxy) is 2. The van der Waals surface area contributed by atoms with Gasteiger partial charge in [-0.05, 0) is 50.2 Å². The minimum atomic E-state index is -0.0432. The molecule has 3 rings (SSSR count). The second-order valence-electron chi connectivity index (χ2n) is 6.37. The summed E-state index contributed by atoms with van der Waals surface area (Å²) in [4.78, 5) is 14.8. The van der Waals surface area contributed by atoms with E-state index in [4.69, 9.17) is 9.47 Å². The number of likely N-dealkylation sites (tertiary alicyclic amines) is 1. The van der Waals surface area contributed by atoms with Gasteiger partial charge >= 0.3 is 0 Å². The van der Waals surface area contributed by atoms with Crippen LogP contribution in [0, 0.1) is 0 Å². The van der Waals surface area contributed by atoms with Gasteiger partial charge in [0.25, 0.3) is 5.91 Å². The zero-order valence-electron chi connectivity index (χ0n) is 14.3. The summed E-state index contributed by atoms with van der Waals surface area (Å²) in [6.07, 6.45) is 7.09. The van der Waals surface area contributed by atoms with E-state index in [0.717, 1.165) is 36.7 Å². The number of benzene rings is 1. The van der Waals surface area contributed by atoms with Crippen molar-refractivity contribution in [3.05, 3.63) is 29.3 Å². The van der Waals surface area contributed by atoms with Gasteiger partial charge in [-0.3, -0.25) is 4.79 Å². The Kier molecular flexibility index (Phi) is 5.75. The minimum Gasteiger partial charge on any atom is -0.497 e. The summed E-state index contributed by atoms with van der Waals surface area (Å²) in [5, 5.41) is 3.02. The van der Waals surface area contributed by atoms with Crippen molar-refractivity contribution >= 4 is 12.0 Å². The van der Waals surface area contributed by atoms with Crippen molar-refractivity contribution < 1.29 is 14.3 Å². The Labute approximate surface area is 143 Å². The Bertz CT molecular complexity index is 605. The number of hydrogen-bond donors (Lipinski definition) is 1. The van der Waals surface area contributed by atoms with Crippen LogP contribution < -0.4 is 14.8 Å². The first-order valence-electron chi connectivity index (χ1n) is 8.78. The van der Waals surface area contributed by atoms with E-state index in [-0.39, 0.29) is 5.91 Å². The van der Waals surface area contributed by atoms with Gasteiger partial charge in [-0.1, -0.05) is 12.8 Å². The molecule has 0 saturated carbocycles. The molecule has 1 fully saturated rings. The fourth-order valence-electron chi connectivity index (χ4n) is 3.21. The van der Waals surface area contributed by atoms with Gasteiger partial charge in [0.2, 0.25) is 0 Å². The van der Waals surface area contributed by atoms with Crippen molar-refractivity contribution in [1.82, 2.24) is 10.2 Å². The zero-order valence-corrected chi connectivity index (χ0v) is 14.3. The number of rotatable bonds is 5. The van der Waals surface area contributed by atoms with E-state index in [1.807, 2.05) is 24.3 Å².